The quantitative estimate of drug-likeness (QED) is 0.0279. The number of aliphatic hydroxyl groups excluding tert-OH is 4. The normalized spacial score (nSPS) is 21.0. The molecule has 0 spiro atoms. The monoisotopic (exact) mass is 779 g/mol. The molecule has 0 bridgehead atoms. The van der Waals surface area contributed by atoms with Gasteiger partial charge in [0, 0.05) is 12.8 Å². The fourth-order valence-corrected chi connectivity index (χ4v) is 6.23. The first-order valence-corrected chi connectivity index (χ1v) is 21.7. The molecular formula is C45H78O10. The van der Waals surface area contributed by atoms with Gasteiger partial charge in [-0.15, -0.1) is 0 Å². The maximum Gasteiger partial charge on any atom is 0.306 e. The average molecular weight is 779 g/mol. The molecule has 0 saturated carbocycles. The van der Waals surface area contributed by atoms with Gasteiger partial charge in [-0.1, -0.05) is 140 Å². The number of carbonyl (C=O) groups is 2. The van der Waals surface area contributed by atoms with Crippen LogP contribution in [0.2, 0.25) is 0 Å². The van der Waals surface area contributed by atoms with Gasteiger partial charge >= 0.3 is 11.9 Å². The third kappa shape index (κ3) is 27.8. The van der Waals surface area contributed by atoms with Crippen molar-refractivity contribution in [3.63, 3.8) is 0 Å². The molecule has 0 aromatic rings. The van der Waals surface area contributed by atoms with Gasteiger partial charge in [-0.2, -0.15) is 0 Å². The fourth-order valence-electron chi connectivity index (χ4n) is 6.23. The molecule has 0 aromatic heterocycles. The van der Waals surface area contributed by atoms with Gasteiger partial charge in [-0.25, -0.2) is 0 Å². The van der Waals surface area contributed by atoms with Crippen LogP contribution in [0.4, 0.5) is 0 Å². The van der Waals surface area contributed by atoms with Gasteiger partial charge in [0.05, 0.1) is 13.2 Å². The lowest BCUT2D eigenvalue weighted by molar-refractivity contribution is -0.305. The first-order chi connectivity index (χ1) is 26.8. The highest BCUT2D eigenvalue weighted by Gasteiger charge is 2.44. The Morgan fingerprint density at radius 3 is 1.47 bits per heavy atom. The van der Waals surface area contributed by atoms with E-state index in [9.17, 15) is 30.0 Å². The van der Waals surface area contributed by atoms with E-state index in [0.717, 1.165) is 77.0 Å². The van der Waals surface area contributed by atoms with Crippen molar-refractivity contribution < 1.29 is 49.0 Å². The Morgan fingerprint density at radius 1 is 0.564 bits per heavy atom. The molecule has 10 heteroatoms. The number of rotatable bonds is 35. The Balaban J connectivity index is 2.38. The van der Waals surface area contributed by atoms with E-state index < -0.39 is 55.4 Å². The van der Waals surface area contributed by atoms with Gasteiger partial charge in [0.1, 0.15) is 31.0 Å². The topological polar surface area (TPSA) is 152 Å². The van der Waals surface area contributed by atoms with Crippen LogP contribution in [0, 0.1) is 0 Å². The third-order valence-electron chi connectivity index (χ3n) is 9.74. The van der Waals surface area contributed by atoms with Crippen molar-refractivity contribution >= 4 is 11.9 Å². The Morgan fingerprint density at radius 2 is 1.00 bits per heavy atom. The van der Waals surface area contributed by atoms with Gasteiger partial charge in [-0.05, 0) is 64.2 Å². The predicted molar refractivity (Wildman–Crippen MR) is 219 cm³/mol. The highest BCUT2D eigenvalue weighted by Crippen LogP contribution is 2.22. The lowest BCUT2D eigenvalue weighted by Gasteiger charge is -2.39. The second-order valence-corrected chi connectivity index (χ2v) is 14.8. The standard InChI is InChI=1S/C45H78O10/c1-3-5-7-9-11-13-15-17-19-21-23-25-27-29-31-33-40(47)52-36-38(37-53-45-44(51)43(50)42(49)39(35-46)55-45)54-41(48)34-32-30-28-26-24-22-20-18-16-14-12-10-8-6-4-2/h13-20,38-39,42-46,49-51H,3-12,21-37H2,1-2H3/b15-13+,16-14+,19-17+,20-18+/t38-,39-,42+,43?,44?,45-/m0/s1. The van der Waals surface area contributed by atoms with Crippen molar-refractivity contribution in [3.8, 4) is 0 Å². The molecule has 4 N–H and O–H groups in total. The van der Waals surface area contributed by atoms with Crippen LogP contribution in [-0.2, 0) is 28.5 Å². The van der Waals surface area contributed by atoms with E-state index in [0.29, 0.717) is 12.8 Å². The summed E-state index contributed by atoms with van der Waals surface area (Å²) in [6.45, 7) is 3.34. The SMILES string of the molecule is CCCCCC/C=C/C=C/CCCCCCCC(=O)OC[C@@H](CO[C@H]1O[C@@H](CO)[C@@H](O)C(O)C1O)OC(=O)CCCCCCC/C=C/C=C/CCCCCC. The lowest BCUT2D eigenvalue weighted by atomic mass is 9.99. The first-order valence-electron chi connectivity index (χ1n) is 21.7. The van der Waals surface area contributed by atoms with Crippen molar-refractivity contribution in [2.75, 3.05) is 19.8 Å². The van der Waals surface area contributed by atoms with Crippen molar-refractivity contribution in [3.05, 3.63) is 48.6 Å². The zero-order valence-electron chi connectivity index (χ0n) is 34.4. The Bertz CT molecular complexity index is 1040. The van der Waals surface area contributed by atoms with Crippen LogP contribution in [0.5, 0.6) is 0 Å². The maximum atomic E-state index is 12.7. The van der Waals surface area contributed by atoms with Gasteiger partial charge in [-0.3, -0.25) is 9.59 Å². The minimum atomic E-state index is -1.60. The Hall–Kier alpha value is -2.34. The number of aliphatic hydroxyl groups is 4. The van der Waals surface area contributed by atoms with Gasteiger partial charge in [0.2, 0.25) is 0 Å². The minimum Gasteiger partial charge on any atom is -0.462 e. The van der Waals surface area contributed by atoms with Crippen LogP contribution >= 0.6 is 0 Å². The number of esters is 2. The molecule has 0 amide bonds. The number of allylic oxidation sites excluding steroid dienone is 8. The first kappa shape index (κ1) is 50.7. The largest absolute Gasteiger partial charge is 0.462 e. The fraction of sp³-hybridized carbons (Fsp3) is 0.778. The zero-order valence-corrected chi connectivity index (χ0v) is 34.4. The predicted octanol–water partition coefficient (Wildman–Crippen LogP) is 8.88. The number of carbonyl (C=O) groups excluding carboxylic acids is 2. The summed E-state index contributed by atoms with van der Waals surface area (Å²) in [7, 11) is 0. The lowest BCUT2D eigenvalue weighted by Crippen LogP contribution is -2.59. The summed E-state index contributed by atoms with van der Waals surface area (Å²) in [5, 5.41) is 40.0. The molecule has 0 radical (unpaired) electrons. The summed E-state index contributed by atoms with van der Waals surface area (Å²) >= 11 is 0. The minimum absolute atomic E-state index is 0.207. The smallest absolute Gasteiger partial charge is 0.306 e. The molecule has 6 atom stereocenters. The molecule has 1 aliphatic heterocycles. The van der Waals surface area contributed by atoms with Crippen molar-refractivity contribution in [2.45, 2.75) is 205 Å². The van der Waals surface area contributed by atoms with Gasteiger partial charge in [0.15, 0.2) is 12.4 Å². The number of ether oxygens (including phenoxy) is 4. The number of hydrogen-bond donors (Lipinski definition) is 4. The van der Waals surface area contributed by atoms with Crippen molar-refractivity contribution in [1.29, 1.82) is 0 Å². The second-order valence-electron chi connectivity index (χ2n) is 14.8. The van der Waals surface area contributed by atoms with Crippen LogP contribution in [0.3, 0.4) is 0 Å². The van der Waals surface area contributed by atoms with Crippen LogP contribution in [0.15, 0.2) is 48.6 Å². The van der Waals surface area contributed by atoms with E-state index in [-0.39, 0.29) is 26.1 Å². The van der Waals surface area contributed by atoms with Crippen LogP contribution < -0.4 is 0 Å². The molecule has 55 heavy (non-hydrogen) atoms. The molecule has 10 nitrogen and oxygen atoms in total. The summed E-state index contributed by atoms with van der Waals surface area (Å²) in [5.74, 6) is -0.845. The number of unbranched alkanes of at least 4 members (excludes halogenated alkanes) is 18. The van der Waals surface area contributed by atoms with E-state index in [1.54, 1.807) is 0 Å². The Labute approximate surface area is 333 Å². The summed E-state index contributed by atoms with van der Waals surface area (Å²) in [6, 6.07) is 0. The highest BCUT2D eigenvalue weighted by molar-refractivity contribution is 5.70. The van der Waals surface area contributed by atoms with Crippen LogP contribution in [0.1, 0.15) is 168 Å². The van der Waals surface area contributed by atoms with Crippen LogP contribution in [-0.4, -0.2) is 89.0 Å². The summed E-state index contributed by atoms with van der Waals surface area (Å²) in [5.41, 5.74) is 0. The van der Waals surface area contributed by atoms with E-state index in [1.807, 2.05) is 0 Å². The molecular weight excluding hydrogens is 700 g/mol. The summed E-state index contributed by atoms with van der Waals surface area (Å²) < 4.78 is 22.1. The summed E-state index contributed by atoms with van der Waals surface area (Å²) in [6.07, 6.45) is 33.9. The molecule has 1 saturated heterocycles. The van der Waals surface area contributed by atoms with Gasteiger partial charge in [0.25, 0.3) is 0 Å². The maximum absolute atomic E-state index is 12.7. The molecule has 318 valence electrons. The number of hydrogen-bond acceptors (Lipinski definition) is 10. The van der Waals surface area contributed by atoms with E-state index >= 15 is 0 Å². The third-order valence-corrected chi connectivity index (χ3v) is 9.74. The zero-order chi connectivity index (χ0) is 40.2. The van der Waals surface area contributed by atoms with Gasteiger partial charge < -0.3 is 39.4 Å². The molecule has 1 fully saturated rings. The van der Waals surface area contributed by atoms with Crippen molar-refractivity contribution in [1.82, 2.24) is 0 Å². The molecule has 1 aliphatic rings. The molecule has 0 aliphatic carbocycles. The molecule has 2 unspecified atom stereocenters. The van der Waals surface area contributed by atoms with E-state index in [2.05, 4.69) is 62.5 Å². The molecule has 1 rings (SSSR count). The van der Waals surface area contributed by atoms with Crippen LogP contribution in [0.25, 0.3) is 0 Å². The van der Waals surface area contributed by atoms with Crippen molar-refractivity contribution in [2.24, 2.45) is 0 Å². The second kappa shape index (κ2) is 36.0. The highest BCUT2D eigenvalue weighted by atomic mass is 16.7. The van der Waals surface area contributed by atoms with E-state index in [1.165, 1.54) is 51.4 Å². The molecule has 1 heterocycles. The summed E-state index contributed by atoms with van der Waals surface area (Å²) in [4.78, 5) is 25.3. The average Bonchev–Trinajstić information content (AvgIpc) is 3.18. The molecule has 0 aromatic carbocycles. The Kier molecular flexibility index (Phi) is 33.2. The van der Waals surface area contributed by atoms with E-state index in [4.69, 9.17) is 18.9 Å².